The molecule has 1 aromatic carbocycles. The number of amides is 2. The van der Waals surface area contributed by atoms with Crippen LogP contribution in [0.3, 0.4) is 0 Å². The largest absolute Gasteiger partial charge is 0.484 e. The first-order chi connectivity index (χ1) is 15.6. The molecule has 9 nitrogen and oxygen atoms in total. The summed E-state index contributed by atoms with van der Waals surface area (Å²) in [6, 6.07) is 8.93. The molecule has 1 unspecified atom stereocenters. The van der Waals surface area contributed by atoms with E-state index in [9.17, 15) is 14.4 Å². The number of rotatable bonds is 6. The summed E-state index contributed by atoms with van der Waals surface area (Å²) in [6.45, 7) is 1.23. The molecule has 0 saturated carbocycles. The Kier molecular flexibility index (Phi) is 6.84. The highest BCUT2D eigenvalue weighted by atomic mass is 16.5. The lowest BCUT2D eigenvalue weighted by Gasteiger charge is -2.35. The van der Waals surface area contributed by atoms with E-state index in [4.69, 9.17) is 14.5 Å². The van der Waals surface area contributed by atoms with Crippen LogP contribution in [0.15, 0.2) is 35.1 Å². The van der Waals surface area contributed by atoms with E-state index in [1.165, 1.54) is 7.11 Å². The fourth-order valence-corrected chi connectivity index (χ4v) is 4.29. The molecule has 3 heterocycles. The number of benzene rings is 1. The van der Waals surface area contributed by atoms with Crippen LogP contribution in [-0.2, 0) is 27.3 Å². The Bertz CT molecular complexity index is 1020. The summed E-state index contributed by atoms with van der Waals surface area (Å²) < 4.78 is 10.6. The van der Waals surface area contributed by atoms with Gasteiger partial charge in [0.05, 0.1) is 23.8 Å². The maximum atomic E-state index is 12.9. The van der Waals surface area contributed by atoms with E-state index >= 15 is 0 Å². The zero-order valence-electron chi connectivity index (χ0n) is 18.2. The highest BCUT2D eigenvalue weighted by Crippen LogP contribution is 2.29. The van der Waals surface area contributed by atoms with Crippen LogP contribution in [0.1, 0.15) is 42.4 Å². The molecule has 1 saturated heterocycles. The third-order valence-electron chi connectivity index (χ3n) is 5.95. The molecule has 0 radical (unpaired) electrons. The fraction of sp³-hybridized carbons (Fsp3) is 0.478. The molecule has 4 rings (SSSR count). The smallest absolute Gasteiger partial charge is 0.261 e. The number of para-hydroxylation sites is 1. The normalized spacial score (nSPS) is 18.2. The molecular weight excluding hydrogens is 412 g/mol. The molecule has 0 spiro atoms. The van der Waals surface area contributed by atoms with Crippen LogP contribution >= 0.6 is 0 Å². The lowest BCUT2D eigenvalue weighted by Crippen LogP contribution is -2.44. The van der Waals surface area contributed by atoms with Crippen molar-refractivity contribution in [3.8, 4) is 5.75 Å². The monoisotopic (exact) mass is 440 g/mol. The van der Waals surface area contributed by atoms with Crippen LogP contribution in [0.5, 0.6) is 5.75 Å². The number of piperidine rings is 1. The number of carbonyl (C=O) groups excluding carboxylic acids is 2. The number of ether oxygens (including phenoxy) is 2. The number of aromatic nitrogens is 2. The third-order valence-corrected chi connectivity index (χ3v) is 5.95. The van der Waals surface area contributed by atoms with Gasteiger partial charge in [0.15, 0.2) is 6.61 Å². The molecule has 1 fully saturated rings. The van der Waals surface area contributed by atoms with Crippen molar-refractivity contribution in [3.63, 3.8) is 0 Å². The second kappa shape index (κ2) is 9.95. The Labute approximate surface area is 186 Å². The molecular formula is C23H28N4O5. The molecule has 1 N–H and O–H groups in total. The van der Waals surface area contributed by atoms with Gasteiger partial charge in [-0.2, -0.15) is 0 Å². The highest BCUT2D eigenvalue weighted by molar-refractivity contribution is 5.78. The van der Waals surface area contributed by atoms with Crippen LogP contribution in [0, 0.1) is 0 Å². The second-order valence-electron chi connectivity index (χ2n) is 8.08. The van der Waals surface area contributed by atoms with E-state index in [1.807, 2.05) is 30.3 Å². The number of H-pyrrole nitrogens is 1. The summed E-state index contributed by atoms with van der Waals surface area (Å²) in [5.74, 6) is 0.875. The van der Waals surface area contributed by atoms with Gasteiger partial charge in [-0.25, -0.2) is 4.98 Å². The molecule has 1 atom stereocenters. The molecule has 32 heavy (non-hydrogen) atoms. The minimum absolute atomic E-state index is 0.0110. The van der Waals surface area contributed by atoms with Crippen LogP contribution in [-0.4, -0.2) is 65.0 Å². The number of carbonyl (C=O) groups is 2. The quantitative estimate of drug-likeness (QED) is 0.729. The maximum Gasteiger partial charge on any atom is 0.261 e. The summed E-state index contributed by atoms with van der Waals surface area (Å²) in [4.78, 5) is 48.9. The van der Waals surface area contributed by atoms with Crippen LogP contribution in [0.25, 0.3) is 0 Å². The van der Waals surface area contributed by atoms with Crippen LogP contribution in [0.4, 0.5) is 0 Å². The zero-order valence-corrected chi connectivity index (χ0v) is 18.2. The number of fused-ring (bicyclic) bond motifs is 1. The van der Waals surface area contributed by atoms with Gasteiger partial charge in [-0.1, -0.05) is 18.2 Å². The van der Waals surface area contributed by atoms with Crippen LogP contribution < -0.4 is 10.3 Å². The van der Waals surface area contributed by atoms with Crippen molar-refractivity contribution in [2.75, 3.05) is 33.4 Å². The van der Waals surface area contributed by atoms with E-state index in [1.54, 1.807) is 9.80 Å². The SMILES string of the molecule is COCC(=O)N1CCc2nc(C3CCCCN3C(=O)COc3ccccc3)[nH]c(=O)c2C1. The van der Waals surface area contributed by atoms with Crippen molar-refractivity contribution < 1.29 is 19.1 Å². The van der Waals surface area contributed by atoms with Crippen LogP contribution in [0.2, 0.25) is 0 Å². The van der Waals surface area contributed by atoms with Gasteiger partial charge in [0.2, 0.25) is 5.91 Å². The summed E-state index contributed by atoms with van der Waals surface area (Å²) >= 11 is 0. The van der Waals surface area contributed by atoms with Gasteiger partial charge in [-0.05, 0) is 31.4 Å². The lowest BCUT2D eigenvalue weighted by atomic mass is 10.00. The Balaban J connectivity index is 1.50. The highest BCUT2D eigenvalue weighted by Gasteiger charge is 2.32. The Hall–Kier alpha value is -3.20. The zero-order chi connectivity index (χ0) is 22.5. The van der Waals surface area contributed by atoms with Gasteiger partial charge in [0.25, 0.3) is 11.5 Å². The summed E-state index contributed by atoms with van der Waals surface area (Å²) in [7, 11) is 1.47. The maximum absolute atomic E-state index is 12.9. The Morgan fingerprint density at radius 2 is 1.94 bits per heavy atom. The molecule has 2 amide bonds. The van der Waals surface area contributed by atoms with Crippen molar-refractivity contribution in [3.05, 3.63) is 57.8 Å². The molecule has 0 aliphatic carbocycles. The van der Waals surface area contributed by atoms with Crippen molar-refractivity contribution >= 4 is 11.8 Å². The minimum atomic E-state index is -0.290. The number of methoxy groups -OCH3 is 1. The first kappa shape index (κ1) is 22.0. The number of hydrogen-bond donors (Lipinski definition) is 1. The van der Waals surface area contributed by atoms with E-state index in [0.717, 1.165) is 19.3 Å². The number of nitrogens with one attached hydrogen (secondary N) is 1. The average Bonchev–Trinajstić information content (AvgIpc) is 2.83. The topological polar surface area (TPSA) is 105 Å². The third kappa shape index (κ3) is 4.83. The molecule has 9 heteroatoms. The van der Waals surface area contributed by atoms with Gasteiger partial charge in [0.1, 0.15) is 18.2 Å². The van der Waals surface area contributed by atoms with Gasteiger partial charge >= 0.3 is 0 Å². The molecule has 2 aliphatic rings. The number of hydrogen-bond acceptors (Lipinski definition) is 6. The molecule has 1 aromatic heterocycles. The molecule has 2 aromatic rings. The second-order valence-corrected chi connectivity index (χ2v) is 8.08. The van der Waals surface area contributed by atoms with Gasteiger partial charge < -0.3 is 24.3 Å². The van der Waals surface area contributed by atoms with Gasteiger partial charge in [-0.15, -0.1) is 0 Å². The van der Waals surface area contributed by atoms with Crippen molar-refractivity contribution in [1.29, 1.82) is 0 Å². The predicted molar refractivity (Wildman–Crippen MR) is 116 cm³/mol. The first-order valence-corrected chi connectivity index (χ1v) is 10.9. The first-order valence-electron chi connectivity index (χ1n) is 10.9. The van der Waals surface area contributed by atoms with E-state index in [2.05, 4.69) is 4.98 Å². The Morgan fingerprint density at radius 1 is 1.12 bits per heavy atom. The van der Waals surface area contributed by atoms with E-state index in [0.29, 0.717) is 42.3 Å². The number of aromatic amines is 1. The summed E-state index contributed by atoms with van der Waals surface area (Å²) in [5, 5.41) is 0. The van der Waals surface area contributed by atoms with Crippen molar-refractivity contribution in [2.45, 2.75) is 38.3 Å². The van der Waals surface area contributed by atoms with Gasteiger partial charge in [-0.3, -0.25) is 14.4 Å². The molecule has 170 valence electrons. The van der Waals surface area contributed by atoms with E-state index in [-0.39, 0.29) is 43.2 Å². The summed E-state index contributed by atoms with van der Waals surface area (Å²) in [5.41, 5.74) is 0.952. The molecule has 2 aliphatic heterocycles. The fourth-order valence-electron chi connectivity index (χ4n) is 4.29. The van der Waals surface area contributed by atoms with Crippen molar-refractivity contribution in [2.24, 2.45) is 0 Å². The molecule has 0 bridgehead atoms. The lowest BCUT2D eigenvalue weighted by molar-refractivity contribution is -0.138. The standard InChI is InChI=1S/C23H28N4O5/c1-31-14-20(28)26-12-10-18-17(13-26)23(30)25-22(24-18)19-9-5-6-11-27(19)21(29)15-32-16-7-3-2-4-8-16/h2-4,7-8,19H,5-6,9-15H2,1H3,(H,24,25,30). The summed E-state index contributed by atoms with van der Waals surface area (Å²) in [6.07, 6.45) is 3.09. The van der Waals surface area contributed by atoms with Gasteiger partial charge in [0, 0.05) is 26.6 Å². The van der Waals surface area contributed by atoms with Crippen molar-refractivity contribution in [1.82, 2.24) is 19.8 Å². The number of likely N-dealkylation sites (tertiary alicyclic amines) is 1. The van der Waals surface area contributed by atoms with E-state index < -0.39 is 0 Å². The Morgan fingerprint density at radius 3 is 2.72 bits per heavy atom. The average molecular weight is 441 g/mol. The minimum Gasteiger partial charge on any atom is -0.484 e. The number of nitrogens with zero attached hydrogens (tertiary/aromatic N) is 3. The predicted octanol–water partition coefficient (Wildman–Crippen LogP) is 1.43.